The van der Waals surface area contributed by atoms with E-state index in [4.69, 9.17) is 0 Å². The van der Waals surface area contributed by atoms with Gasteiger partial charge in [-0.25, -0.2) is 4.21 Å². The first-order valence-electron chi connectivity index (χ1n) is 4.82. The van der Waals surface area contributed by atoms with Crippen LogP contribution in [-0.2, 0) is 15.6 Å². The molecular formula is C12H9F3O2S. The highest BCUT2D eigenvalue weighted by atomic mass is 32.2. The van der Waals surface area contributed by atoms with E-state index in [0.717, 1.165) is 12.1 Å². The maximum absolute atomic E-state index is 12.2. The normalized spacial score (nSPS) is 14.2. The summed E-state index contributed by atoms with van der Waals surface area (Å²) in [5.41, 5.74) is -4.10. The summed E-state index contributed by atoms with van der Waals surface area (Å²) in [6, 6.07) is 5.16. The zero-order valence-corrected chi connectivity index (χ0v) is 9.87. The summed E-state index contributed by atoms with van der Waals surface area (Å²) in [4.78, 5) is 9.68. The number of benzene rings is 1. The maximum atomic E-state index is 12.2. The van der Waals surface area contributed by atoms with Crippen molar-refractivity contribution in [2.45, 2.75) is 10.4 Å². The number of carbonyl (C=O) groups is 1. The zero-order chi connectivity index (χ0) is 13.6. The largest absolute Gasteiger partial charge is 0.475 e. The number of allylic oxidation sites excluding steroid dienone is 3. The third-order valence-corrected chi connectivity index (χ3v) is 3.01. The van der Waals surface area contributed by atoms with Crippen molar-refractivity contribution < 1.29 is 22.2 Å². The Kier molecular flexibility index (Phi) is 5.03. The summed E-state index contributed by atoms with van der Waals surface area (Å²) in [5, 5.41) is 0. The van der Waals surface area contributed by atoms with Crippen molar-refractivity contribution in [3.8, 4) is 0 Å². The third kappa shape index (κ3) is 4.29. The fraction of sp³-hybridized carbons (Fsp3) is 0.0833. The van der Waals surface area contributed by atoms with E-state index in [1.54, 1.807) is 12.2 Å². The number of rotatable bonds is 4. The van der Waals surface area contributed by atoms with Gasteiger partial charge in [0.25, 0.3) is 0 Å². The second kappa shape index (κ2) is 6.30. The molecule has 1 unspecified atom stereocenters. The lowest BCUT2D eigenvalue weighted by Crippen LogP contribution is -2.16. The Bertz CT molecular complexity index is 487. The SMILES string of the molecule is O=CC=CC=Cc1ccc(S(=O)C(F)(F)F)cc1. The summed E-state index contributed by atoms with van der Waals surface area (Å²) in [6.07, 6.45) is 6.57. The summed E-state index contributed by atoms with van der Waals surface area (Å²) >= 11 is 0. The average Bonchev–Trinajstić information content (AvgIpc) is 2.33. The monoisotopic (exact) mass is 274 g/mol. The molecule has 1 aromatic carbocycles. The Morgan fingerprint density at radius 2 is 1.61 bits per heavy atom. The van der Waals surface area contributed by atoms with Gasteiger partial charge >= 0.3 is 5.51 Å². The molecule has 0 saturated carbocycles. The minimum absolute atomic E-state index is 0.289. The lowest BCUT2D eigenvalue weighted by molar-refractivity contribution is -0.104. The first-order valence-corrected chi connectivity index (χ1v) is 5.97. The van der Waals surface area contributed by atoms with Crippen LogP contribution in [0.25, 0.3) is 6.08 Å². The molecule has 0 N–H and O–H groups in total. The van der Waals surface area contributed by atoms with Gasteiger partial charge in [0.05, 0.1) is 0 Å². The topological polar surface area (TPSA) is 34.1 Å². The van der Waals surface area contributed by atoms with Crippen LogP contribution < -0.4 is 0 Å². The zero-order valence-electron chi connectivity index (χ0n) is 9.05. The van der Waals surface area contributed by atoms with Crippen LogP contribution in [0.3, 0.4) is 0 Å². The molecule has 18 heavy (non-hydrogen) atoms. The number of alkyl halides is 3. The van der Waals surface area contributed by atoms with E-state index in [0.29, 0.717) is 11.8 Å². The molecule has 1 rings (SSSR count). The van der Waals surface area contributed by atoms with E-state index in [1.165, 1.54) is 24.3 Å². The van der Waals surface area contributed by atoms with Crippen molar-refractivity contribution in [3.63, 3.8) is 0 Å². The van der Waals surface area contributed by atoms with Crippen molar-refractivity contribution in [3.05, 3.63) is 48.1 Å². The summed E-state index contributed by atoms with van der Waals surface area (Å²) in [5.74, 6) is 0. The second-order valence-corrected chi connectivity index (χ2v) is 4.64. The van der Waals surface area contributed by atoms with Crippen molar-refractivity contribution >= 4 is 23.2 Å². The Hall–Kier alpha value is -1.69. The van der Waals surface area contributed by atoms with Crippen LogP contribution in [0.4, 0.5) is 13.2 Å². The molecule has 0 bridgehead atoms. The molecule has 6 heteroatoms. The van der Waals surface area contributed by atoms with Gasteiger partial charge in [-0.05, 0) is 23.8 Å². The first kappa shape index (κ1) is 14.4. The number of halogens is 3. The highest BCUT2D eigenvalue weighted by Gasteiger charge is 2.37. The Morgan fingerprint density at radius 3 is 2.11 bits per heavy atom. The summed E-state index contributed by atoms with van der Waals surface area (Å²) in [7, 11) is -3.00. The smallest absolute Gasteiger partial charge is 0.299 e. The van der Waals surface area contributed by atoms with E-state index >= 15 is 0 Å². The van der Waals surface area contributed by atoms with Crippen LogP contribution in [0.5, 0.6) is 0 Å². The predicted molar refractivity (Wildman–Crippen MR) is 63.1 cm³/mol. The van der Waals surface area contributed by atoms with E-state index < -0.39 is 16.3 Å². The third-order valence-electron chi connectivity index (χ3n) is 1.89. The first-order chi connectivity index (χ1) is 8.45. The number of hydrogen-bond acceptors (Lipinski definition) is 2. The Balaban J connectivity index is 2.80. The van der Waals surface area contributed by atoms with E-state index in [9.17, 15) is 22.2 Å². The molecule has 0 aliphatic rings. The molecule has 0 saturated heterocycles. The molecule has 2 nitrogen and oxygen atoms in total. The van der Waals surface area contributed by atoms with Crippen molar-refractivity contribution in [1.82, 2.24) is 0 Å². The lowest BCUT2D eigenvalue weighted by atomic mass is 10.2. The van der Waals surface area contributed by atoms with Gasteiger partial charge in [0, 0.05) is 4.90 Å². The quantitative estimate of drug-likeness (QED) is 0.480. The fourth-order valence-electron chi connectivity index (χ4n) is 1.11. The lowest BCUT2D eigenvalue weighted by Gasteiger charge is -2.05. The van der Waals surface area contributed by atoms with Gasteiger partial charge in [-0.3, -0.25) is 4.79 Å². The van der Waals surface area contributed by atoms with Crippen molar-refractivity contribution in [1.29, 1.82) is 0 Å². The van der Waals surface area contributed by atoms with Gasteiger partial charge in [-0.15, -0.1) is 0 Å². The van der Waals surface area contributed by atoms with Crippen LogP contribution >= 0.6 is 0 Å². The molecule has 0 aliphatic carbocycles. The van der Waals surface area contributed by atoms with Crippen LogP contribution in [-0.4, -0.2) is 16.0 Å². The highest BCUT2D eigenvalue weighted by Crippen LogP contribution is 2.26. The summed E-state index contributed by atoms with van der Waals surface area (Å²) < 4.78 is 47.5. The number of hydrogen-bond donors (Lipinski definition) is 0. The van der Waals surface area contributed by atoms with Gasteiger partial charge in [0.15, 0.2) is 10.8 Å². The molecule has 0 spiro atoms. The van der Waals surface area contributed by atoms with Crippen LogP contribution in [0.15, 0.2) is 47.4 Å². The Morgan fingerprint density at radius 1 is 1.00 bits per heavy atom. The fourth-order valence-corrected chi connectivity index (χ4v) is 1.76. The van der Waals surface area contributed by atoms with Gasteiger partial charge in [-0.2, -0.15) is 13.2 Å². The predicted octanol–water partition coefficient (Wildman–Crippen LogP) is 3.08. The molecule has 0 aromatic heterocycles. The summed E-state index contributed by atoms with van der Waals surface area (Å²) in [6.45, 7) is 0. The molecular weight excluding hydrogens is 265 g/mol. The molecule has 1 atom stereocenters. The number of carbonyl (C=O) groups excluding carboxylic acids is 1. The second-order valence-electron chi connectivity index (χ2n) is 3.16. The average molecular weight is 274 g/mol. The molecule has 0 amide bonds. The van der Waals surface area contributed by atoms with E-state index in [-0.39, 0.29) is 4.90 Å². The molecule has 96 valence electrons. The standard InChI is InChI=1S/C12H9F3O2S/c13-12(14,15)18(17)11-7-5-10(6-8-11)4-2-1-3-9-16/h1-9H. The minimum atomic E-state index is -4.75. The van der Waals surface area contributed by atoms with Crippen molar-refractivity contribution in [2.75, 3.05) is 0 Å². The van der Waals surface area contributed by atoms with Gasteiger partial charge in [0.1, 0.15) is 6.29 Å². The number of aldehydes is 1. The van der Waals surface area contributed by atoms with E-state index in [2.05, 4.69) is 0 Å². The highest BCUT2D eigenvalue weighted by molar-refractivity contribution is 7.86. The van der Waals surface area contributed by atoms with Crippen LogP contribution in [0.1, 0.15) is 5.56 Å². The molecule has 0 heterocycles. The molecule has 0 aliphatic heterocycles. The Labute approximate surface area is 104 Å². The van der Waals surface area contributed by atoms with Gasteiger partial charge < -0.3 is 0 Å². The molecule has 0 fully saturated rings. The molecule has 0 radical (unpaired) electrons. The van der Waals surface area contributed by atoms with Gasteiger partial charge in [-0.1, -0.05) is 30.4 Å². The van der Waals surface area contributed by atoms with Gasteiger partial charge in [0.2, 0.25) is 0 Å². The molecule has 1 aromatic rings. The minimum Gasteiger partial charge on any atom is -0.299 e. The van der Waals surface area contributed by atoms with Crippen LogP contribution in [0.2, 0.25) is 0 Å². The van der Waals surface area contributed by atoms with Crippen LogP contribution in [0, 0.1) is 0 Å². The maximum Gasteiger partial charge on any atom is 0.475 e. The van der Waals surface area contributed by atoms with Crippen molar-refractivity contribution in [2.24, 2.45) is 0 Å². The van der Waals surface area contributed by atoms with E-state index in [1.807, 2.05) is 0 Å².